The first-order chi connectivity index (χ1) is 14.2. The summed E-state index contributed by atoms with van der Waals surface area (Å²) in [5, 5.41) is 6.53. The highest BCUT2D eigenvalue weighted by Crippen LogP contribution is 2.38. The lowest BCUT2D eigenvalue weighted by molar-refractivity contribution is -0.122. The van der Waals surface area contributed by atoms with E-state index in [9.17, 15) is 4.79 Å². The van der Waals surface area contributed by atoms with Gasteiger partial charge in [-0.05, 0) is 48.9 Å². The molecule has 1 saturated carbocycles. The number of methoxy groups -OCH3 is 1. The highest BCUT2D eigenvalue weighted by molar-refractivity contribution is 5.78. The summed E-state index contributed by atoms with van der Waals surface area (Å²) in [6.45, 7) is 2.83. The van der Waals surface area contributed by atoms with Gasteiger partial charge in [0, 0.05) is 32.6 Å². The van der Waals surface area contributed by atoms with E-state index >= 15 is 0 Å². The third-order valence-electron chi connectivity index (χ3n) is 6.05. The van der Waals surface area contributed by atoms with Crippen LogP contribution in [0.5, 0.6) is 0 Å². The second-order valence-electron chi connectivity index (χ2n) is 8.02. The van der Waals surface area contributed by atoms with Crippen LogP contribution >= 0.6 is 0 Å². The highest BCUT2D eigenvalue weighted by atomic mass is 16.5. The van der Waals surface area contributed by atoms with Gasteiger partial charge in [0.2, 0.25) is 5.91 Å². The van der Waals surface area contributed by atoms with Crippen LogP contribution in [-0.4, -0.2) is 59.7 Å². The first-order valence-corrected chi connectivity index (χ1v) is 10.3. The SMILES string of the molecule is CO[C@@H]1C[C@H]2CN(CC(=O)NCc3ccccn3)C[C@H]2C[C@H]1Nc1ccccn1. The zero-order valence-corrected chi connectivity index (χ0v) is 16.8. The van der Waals surface area contributed by atoms with Crippen molar-refractivity contribution in [3.8, 4) is 0 Å². The maximum Gasteiger partial charge on any atom is 0.234 e. The van der Waals surface area contributed by atoms with Crippen molar-refractivity contribution >= 4 is 11.7 Å². The van der Waals surface area contributed by atoms with Gasteiger partial charge in [-0.2, -0.15) is 0 Å². The van der Waals surface area contributed by atoms with Crippen LogP contribution in [0, 0.1) is 11.8 Å². The Balaban J connectivity index is 1.29. The number of ether oxygens (including phenoxy) is 1. The summed E-state index contributed by atoms with van der Waals surface area (Å²) in [6.07, 6.45) is 5.75. The van der Waals surface area contributed by atoms with Crippen LogP contribution in [-0.2, 0) is 16.1 Å². The molecular weight excluding hydrogens is 366 g/mol. The Labute approximate surface area is 171 Å². The van der Waals surface area contributed by atoms with Gasteiger partial charge in [0.15, 0.2) is 0 Å². The second-order valence-corrected chi connectivity index (χ2v) is 8.02. The molecule has 2 fully saturated rings. The highest BCUT2D eigenvalue weighted by Gasteiger charge is 2.42. The summed E-state index contributed by atoms with van der Waals surface area (Å²) < 4.78 is 5.79. The first-order valence-electron chi connectivity index (χ1n) is 10.3. The molecular formula is C22H29N5O2. The van der Waals surface area contributed by atoms with E-state index < -0.39 is 0 Å². The fourth-order valence-electron chi connectivity index (χ4n) is 4.64. The van der Waals surface area contributed by atoms with E-state index in [1.165, 1.54) is 0 Å². The van der Waals surface area contributed by atoms with Crippen molar-refractivity contribution < 1.29 is 9.53 Å². The van der Waals surface area contributed by atoms with E-state index in [2.05, 4.69) is 25.5 Å². The standard InChI is InChI=1S/C22H29N5O2/c1-29-20-11-17-14-27(15-22(28)25-12-18-6-2-4-8-23-18)13-16(17)10-19(20)26-21-7-3-5-9-24-21/h2-9,16-17,19-20H,10-15H2,1H3,(H,24,26)(H,25,28)/t16-,17+,19-,20-/m1/s1. The van der Waals surface area contributed by atoms with Crippen LogP contribution in [0.25, 0.3) is 0 Å². The number of fused-ring (bicyclic) bond motifs is 1. The van der Waals surface area contributed by atoms with Crippen molar-refractivity contribution in [1.29, 1.82) is 0 Å². The molecule has 154 valence electrons. The molecule has 7 nitrogen and oxygen atoms in total. The number of likely N-dealkylation sites (tertiary alicyclic amines) is 1. The van der Waals surface area contributed by atoms with Gasteiger partial charge in [-0.15, -0.1) is 0 Å². The van der Waals surface area contributed by atoms with Crippen LogP contribution in [0.4, 0.5) is 5.82 Å². The van der Waals surface area contributed by atoms with E-state index in [0.29, 0.717) is 24.9 Å². The maximum atomic E-state index is 12.4. The first kappa shape index (κ1) is 19.8. The van der Waals surface area contributed by atoms with Crippen LogP contribution in [0.3, 0.4) is 0 Å². The fraction of sp³-hybridized carbons (Fsp3) is 0.500. The van der Waals surface area contributed by atoms with Crippen LogP contribution < -0.4 is 10.6 Å². The number of rotatable bonds is 7. The summed E-state index contributed by atoms with van der Waals surface area (Å²) in [7, 11) is 1.79. The minimum absolute atomic E-state index is 0.0563. The van der Waals surface area contributed by atoms with Crippen LogP contribution in [0.2, 0.25) is 0 Å². The van der Waals surface area contributed by atoms with E-state index in [1.54, 1.807) is 19.5 Å². The molecule has 29 heavy (non-hydrogen) atoms. The Hall–Kier alpha value is -2.51. The summed E-state index contributed by atoms with van der Waals surface area (Å²) in [6, 6.07) is 11.9. The van der Waals surface area contributed by atoms with Crippen molar-refractivity contribution in [2.24, 2.45) is 11.8 Å². The minimum atomic E-state index is 0.0563. The van der Waals surface area contributed by atoms with Crippen LogP contribution in [0.15, 0.2) is 48.8 Å². The molecule has 2 aliphatic rings. The number of anilines is 1. The summed E-state index contributed by atoms with van der Waals surface area (Å²) >= 11 is 0. The van der Waals surface area contributed by atoms with Gasteiger partial charge in [-0.3, -0.25) is 14.7 Å². The number of carbonyl (C=O) groups is 1. The Morgan fingerprint density at radius 1 is 1.10 bits per heavy atom. The molecule has 1 saturated heterocycles. The minimum Gasteiger partial charge on any atom is -0.379 e. The number of pyridine rings is 2. The number of aromatic nitrogens is 2. The molecule has 1 aliphatic carbocycles. The zero-order chi connectivity index (χ0) is 20.1. The smallest absolute Gasteiger partial charge is 0.234 e. The number of amides is 1. The van der Waals surface area contributed by atoms with Gasteiger partial charge < -0.3 is 15.4 Å². The number of nitrogens with zero attached hydrogens (tertiary/aromatic N) is 3. The molecule has 4 rings (SSSR count). The van der Waals surface area contributed by atoms with E-state index in [0.717, 1.165) is 37.4 Å². The second kappa shape index (κ2) is 9.33. The summed E-state index contributed by atoms with van der Waals surface area (Å²) in [5.74, 6) is 2.10. The predicted molar refractivity (Wildman–Crippen MR) is 111 cm³/mol. The number of carbonyl (C=O) groups excluding carboxylic acids is 1. The van der Waals surface area contributed by atoms with Crippen LogP contribution in [0.1, 0.15) is 18.5 Å². The molecule has 1 amide bonds. The van der Waals surface area contributed by atoms with Gasteiger partial charge in [0.05, 0.1) is 30.9 Å². The average molecular weight is 396 g/mol. The van der Waals surface area contributed by atoms with E-state index in [1.807, 2.05) is 36.4 Å². The van der Waals surface area contributed by atoms with Crippen molar-refractivity contribution in [3.05, 3.63) is 54.5 Å². The third-order valence-corrected chi connectivity index (χ3v) is 6.05. The van der Waals surface area contributed by atoms with Gasteiger partial charge in [-0.25, -0.2) is 4.98 Å². The van der Waals surface area contributed by atoms with Crippen molar-refractivity contribution in [1.82, 2.24) is 20.2 Å². The molecule has 2 aromatic heterocycles. The molecule has 0 radical (unpaired) electrons. The number of hydrogen-bond donors (Lipinski definition) is 2. The largest absolute Gasteiger partial charge is 0.379 e. The quantitative estimate of drug-likeness (QED) is 0.746. The van der Waals surface area contributed by atoms with Gasteiger partial charge in [0.25, 0.3) is 0 Å². The molecule has 2 aromatic rings. The topological polar surface area (TPSA) is 79.4 Å². The molecule has 0 bridgehead atoms. The molecule has 4 atom stereocenters. The summed E-state index contributed by atoms with van der Waals surface area (Å²) in [5.41, 5.74) is 0.877. The lowest BCUT2D eigenvalue weighted by atomic mass is 9.77. The normalized spacial score (nSPS) is 26.7. The Morgan fingerprint density at radius 3 is 2.55 bits per heavy atom. The number of hydrogen-bond acceptors (Lipinski definition) is 6. The maximum absolute atomic E-state index is 12.4. The molecule has 3 heterocycles. The van der Waals surface area contributed by atoms with Gasteiger partial charge in [-0.1, -0.05) is 12.1 Å². The molecule has 2 N–H and O–H groups in total. The van der Waals surface area contributed by atoms with E-state index in [4.69, 9.17) is 4.74 Å². The van der Waals surface area contributed by atoms with Crippen molar-refractivity contribution in [3.63, 3.8) is 0 Å². The molecule has 1 aliphatic heterocycles. The zero-order valence-electron chi connectivity index (χ0n) is 16.8. The Morgan fingerprint density at radius 2 is 1.86 bits per heavy atom. The Kier molecular flexibility index (Phi) is 6.36. The fourth-order valence-corrected chi connectivity index (χ4v) is 4.64. The van der Waals surface area contributed by atoms with Gasteiger partial charge >= 0.3 is 0 Å². The van der Waals surface area contributed by atoms with Crippen molar-refractivity contribution in [2.45, 2.75) is 31.5 Å². The molecule has 0 unspecified atom stereocenters. The number of nitrogens with one attached hydrogen (secondary N) is 2. The van der Waals surface area contributed by atoms with Crippen molar-refractivity contribution in [2.75, 3.05) is 32.1 Å². The Bertz CT molecular complexity index is 788. The van der Waals surface area contributed by atoms with Gasteiger partial charge in [0.1, 0.15) is 5.82 Å². The monoisotopic (exact) mass is 395 g/mol. The summed E-state index contributed by atoms with van der Waals surface area (Å²) in [4.78, 5) is 23.3. The average Bonchev–Trinajstić information content (AvgIpc) is 3.14. The lowest BCUT2D eigenvalue weighted by Gasteiger charge is -2.37. The predicted octanol–water partition coefficient (Wildman–Crippen LogP) is 1.93. The molecule has 7 heteroatoms. The molecule has 0 spiro atoms. The molecule has 0 aromatic carbocycles. The lowest BCUT2D eigenvalue weighted by Crippen LogP contribution is -2.44. The third kappa shape index (κ3) is 5.10. The van der Waals surface area contributed by atoms with E-state index in [-0.39, 0.29) is 18.1 Å².